The average Bonchev–Trinajstić information content (AvgIpc) is 2.00. The molecule has 84 valence electrons. The lowest BCUT2D eigenvalue weighted by molar-refractivity contribution is -0.127. The van der Waals surface area contributed by atoms with Crippen LogP contribution in [0.1, 0.15) is 5.56 Å². The van der Waals surface area contributed by atoms with Crippen LogP contribution in [-0.4, -0.2) is 19.1 Å². The van der Waals surface area contributed by atoms with E-state index in [1.165, 1.54) is 0 Å². The van der Waals surface area contributed by atoms with Gasteiger partial charge < -0.3 is 0 Å². The van der Waals surface area contributed by atoms with Gasteiger partial charge in [0.05, 0.1) is 11.3 Å². The van der Waals surface area contributed by atoms with Crippen LogP contribution in [-0.2, 0) is 16.5 Å². The van der Waals surface area contributed by atoms with Gasteiger partial charge in [0, 0.05) is 0 Å². The third-order valence-corrected chi connectivity index (χ3v) is 2.49. The summed E-state index contributed by atoms with van der Waals surface area (Å²) in [5.74, 6) is 0. The number of halogens is 3. The molecule has 15 heavy (non-hydrogen) atoms. The van der Waals surface area contributed by atoms with E-state index in [0.717, 1.165) is 24.3 Å². The number of benzene rings is 1. The van der Waals surface area contributed by atoms with Gasteiger partial charge in [-0.3, -0.25) is 4.55 Å². The molecule has 0 aliphatic rings. The second-order valence-electron chi connectivity index (χ2n) is 2.91. The monoisotopic (exact) mass is 240 g/mol. The van der Waals surface area contributed by atoms with Crippen LogP contribution in [0.25, 0.3) is 0 Å². The molecule has 0 fully saturated rings. The molecule has 0 heterocycles. The molecule has 0 saturated heterocycles. The molecule has 1 rings (SSSR count). The van der Waals surface area contributed by atoms with Crippen molar-refractivity contribution in [2.24, 2.45) is 0 Å². The van der Waals surface area contributed by atoms with E-state index in [0.29, 0.717) is 0 Å². The predicted octanol–water partition coefficient (Wildman–Crippen LogP) is 2.04. The van der Waals surface area contributed by atoms with E-state index < -0.39 is 27.6 Å². The molecule has 0 saturated carbocycles. The standard InChI is InChI=1S/C8H7F3O3S/c9-8(10,11)5-6-1-3-7(4-2-6)15(12,13)14/h1-4H,5H2,(H,12,13,14). The molecular weight excluding hydrogens is 233 g/mol. The zero-order valence-electron chi connectivity index (χ0n) is 7.32. The van der Waals surface area contributed by atoms with Gasteiger partial charge in [0.2, 0.25) is 0 Å². The highest BCUT2D eigenvalue weighted by molar-refractivity contribution is 7.85. The average molecular weight is 240 g/mol. The minimum atomic E-state index is -4.34. The Kier molecular flexibility index (Phi) is 3.05. The van der Waals surface area contributed by atoms with E-state index in [-0.39, 0.29) is 5.56 Å². The fourth-order valence-corrected chi connectivity index (χ4v) is 1.49. The number of hydrogen-bond acceptors (Lipinski definition) is 2. The highest BCUT2D eigenvalue weighted by Gasteiger charge is 2.27. The summed E-state index contributed by atoms with van der Waals surface area (Å²) in [4.78, 5) is -0.423. The highest BCUT2D eigenvalue weighted by atomic mass is 32.2. The van der Waals surface area contributed by atoms with Crippen molar-refractivity contribution in [1.29, 1.82) is 0 Å². The Morgan fingerprint density at radius 1 is 1.13 bits per heavy atom. The van der Waals surface area contributed by atoms with Gasteiger partial charge in [-0.15, -0.1) is 0 Å². The first-order valence-electron chi connectivity index (χ1n) is 3.82. The number of hydrogen-bond donors (Lipinski definition) is 1. The third kappa shape index (κ3) is 3.88. The van der Waals surface area contributed by atoms with Gasteiger partial charge in [-0.2, -0.15) is 21.6 Å². The maximum absolute atomic E-state index is 11.9. The van der Waals surface area contributed by atoms with Gasteiger partial charge >= 0.3 is 6.18 Å². The van der Waals surface area contributed by atoms with Gasteiger partial charge in [-0.25, -0.2) is 0 Å². The molecule has 1 aromatic carbocycles. The Morgan fingerprint density at radius 3 is 1.93 bits per heavy atom. The molecule has 0 aliphatic carbocycles. The summed E-state index contributed by atoms with van der Waals surface area (Å²) in [5, 5.41) is 0. The summed E-state index contributed by atoms with van der Waals surface area (Å²) in [5.41, 5.74) is -0.0603. The molecule has 0 bridgehead atoms. The summed E-state index contributed by atoms with van der Waals surface area (Å²) >= 11 is 0. The van der Waals surface area contributed by atoms with Crippen molar-refractivity contribution in [2.75, 3.05) is 0 Å². The van der Waals surface area contributed by atoms with Crippen LogP contribution in [0.2, 0.25) is 0 Å². The minimum absolute atomic E-state index is 0.0603. The molecule has 7 heteroatoms. The maximum Gasteiger partial charge on any atom is 0.393 e. The van der Waals surface area contributed by atoms with Crippen LogP contribution >= 0.6 is 0 Å². The van der Waals surface area contributed by atoms with Crippen molar-refractivity contribution in [1.82, 2.24) is 0 Å². The molecule has 0 radical (unpaired) electrons. The van der Waals surface area contributed by atoms with Crippen molar-refractivity contribution in [3.8, 4) is 0 Å². The fraction of sp³-hybridized carbons (Fsp3) is 0.250. The van der Waals surface area contributed by atoms with Crippen LogP contribution < -0.4 is 0 Å². The maximum atomic E-state index is 11.9. The lowest BCUT2D eigenvalue weighted by Crippen LogP contribution is -2.11. The fourth-order valence-electron chi connectivity index (χ4n) is 1.01. The van der Waals surface area contributed by atoms with E-state index in [2.05, 4.69) is 0 Å². The highest BCUT2D eigenvalue weighted by Crippen LogP contribution is 2.21. The smallest absolute Gasteiger partial charge is 0.282 e. The van der Waals surface area contributed by atoms with Crippen molar-refractivity contribution in [3.63, 3.8) is 0 Å². The Morgan fingerprint density at radius 2 is 1.60 bits per heavy atom. The normalized spacial score (nSPS) is 12.8. The zero-order valence-corrected chi connectivity index (χ0v) is 8.14. The Hall–Kier alpha value is -1.08. The first kappa shape index (κ1) is 12.0. The van der Waals surface area contributed by atoms with Crippen LogP contribution in [0, 0.1) is 0 Å². The SMILES string of the molecule is O=S(=O)(O)c1ccc(CC(F)(F)F)cc1. The summed E-state index contributed by atoms with van der Waals surface area (Å²) < 4.78 is 65.4. The van der Waals surface area contributed by atoms with E-state index in [1.807, 2.05) is 0 Å². The number of alkyl halides is 3. The van der Waals surface area contributed by atoms with E-state index >= 15 is 0 Å². The second-order valence-corrected chi connectivity index (χ2v) is 4.33. The quantitative estimate of drug-likeness (QED) is 0.805. The number of rotatable bonds is 2. The van der Waals surface area contributed by atoms with Gasteiger partial charge in [0.15, 0.2) is 0 Å². The van der Waals surface area contributed by atoms with Crippen LogP contribution in [0.5, 0.6) is 0 Å². The lowest BCUT2D eigenvalue weighted by atomic mass is 10.1. The third-order valence-electron chi connectivity index (χ3n) is 1.63. The van der Waals surface area contributed by atoms with Gasteiger partial charge in [0.25, 0.3) is 10.1 Å². The first-order valence-corrected chi connectivity index (χ1v) is 5.26. The minimum Gasteiger partial charge on any atom is -0.282 e. The molecule has 3 nitrogen and oxygen atoms in total. The molecule has 1 N–H and O–H groups in total. The molecule has 0 atom stereocenters. The molecule has 0 aromatic heterocycles. The molecule has 0 unspecified atom stereocenters. The van der Waals surface area contributed by atoms with Crippen molar-refractivity contribution in [2.45, 2.75) is 17.5 Å². The van der Waals surface area contributed by atoms with Crippen molar-refractivity contribution in [3.05, 3.63) is 29.8 Å². The summed E-state index contributed by atoms with van der Waals surface area (Å²) in [6.07, 6.45) is -5.46. The van der Waals surface area contributed by atoms with E-state index in [9.17, 15) is 21.6 Å². The van der Waals surface area contributed by atoms with Crippen LogP contribution in [0.4, 0.5) is 13.2 Å². The molecule has 0 spiro atoms. The topological polar surface area (TPSA) is 54.4 Å². The van der Waals surface area contributed by atoms with Gasteiger partial charge in [-0.05, 0) is 17.7 Å². The molecule has 0 aliphatic heterocycles. The summed E-state index contributed by atoms with van der Waals surface area (Å²) in [6, 6.07) is 3.88. The van der Waals surface area contributed by atoms with Gasteiger partial charge in [-0.1, -0.05) is 12.1 Å². The zero-order chi connectivity index (χ0) is 11.7. The molecule has 1 aromatic rings. The Balaban J connectivity index is 2.92. The summed E-state index contributed by atoms with van der Waals surface area (Å²) in [7, 11) is -4.34. The Bertz CT molecular complexity index is 433. The van der Waals surface area contributed by atoms with Gasteiger partial charge in [0.1, 0.15) is 0 Å². The van der Waals surface area contributed by atoms with Crippen molar-refractivity contribution >= 4 is 10.1 Å². The second kappa shape index (κ2) is 3.82. The largest absolute Gasteiger partial charge is 0.393 e. The summed E-state index contributed by atoms with van der Waals surface area (Å²) in [6.45, 7) is 0. The Labute approximate surface area is 84.3 Å². The predicted molar refractivity (Wildman–Crippen MR) is 46.0 cm³/mol. The van der Waals surface area contributed by atoms with Crippen LogP contribution in [0.3, 0.4) is 0 Å². The molecule has 0 amide bonds. The van der Waals surface area contributed by atoms with Crippen LogP contribution in [0.15, 0.2) is 29.2 Å². The van der Waals surface area contributed by atoms with E-state index in [4.69, 9.17) is 4.55 Å². The molecular formula is C8H7F3O3S. The van der Waals surface area contributed by atoms with Crippen molar-refractivity contribution < 1.29 is 26.1 Å². The lowest BCUT2D eigenvalue weighted by Gasteiger charge is -2.06. The first-order chi connectivity index (χ1) is 6.68. The van der Waals surface area contributed by atoms with E-state index in [1.54, 1.807) is 0 Å².